The van der Waals surface area contributed by atoms with Gasteiger partial charge in [0.1, 0.15) is 5.75 Å². The van der Waals surface area contributed by atoms with Gasteiger partial charge in [-0.05, 0) is 30.7 Å². The van der Waals surface area contributed by atoms with Crippen molar-refractivity contribution in [1.29, 1.82) is 0 Å². The smallest absolute Gasteiger partial charge is 0.123 e. The minimum atomic E-state index is -0.0322. The minimum absolute atomic E-state index is 0.0322. The molecule has 0 aliphatic heterocycles. The Morgan fingerprint density at radius 1 is 1.29 bits per heavy atom. The predicted molar refractivity (Wildman–Crippen MR) is 71.5 cm³/mol. The SMILES string of the molecule is Cc1cc(C(C)(C)C)c(O)c(C2(CN)CC2)c1. The summed E-state index contributed by atoms with van der Waals surface area (Å²) in [7, 11) is 0. The van der Waals surface area contributed by atoms with Crippen LogP contribution in [0.15, 0.2) is 12.1 Å². The lowest BCUT2D eigenvalue weighted by atomic mass is 9.81. The van der Waals surface area contributed by atoms with E-state index in [1.165, 1.54) is 5.56 Å². The molecule has 0 saturated heterocycles. The lowest BCUT2D eigenvalue weighted by molar-refractivity contribution is 0.432. The van der Waals surface area contributed by atoms with E-state index in [2.05, 4.69) is 39.8 Å². The molecule has 1 aromatic rings. The van der Waals surface area contributed by atoms with Crippen molar-refractivity contribution in [3.8, 4) is 5.75 Å². The van der Waals surface area contributed by atoms with Crippen LogP contribution in [0.2, 0.25) is 0 Å². The standard InChI is InChI=1S/C15H23NO/c1-10-7-11(14(2,3)4)13(17)12(8-10)15(9-16)5-6-15/h7-8,17H,5-6,9,16H2,1-4H3. The normalized spacial score (nSPS) is 18.2. The molecule has 1 fully saturated rings. The highest BCUT2D eigenvalue weighted by Gasteiger charge is 2.45. The number of benzene rings is 1. The topological polar surface area (TPSA) is 46.2 Å². The Labute approximate surface area is 104 Å². The predicted octanol–water partition coefficient (Wildman–Crippen LogP) is 2.99. The van der Waals surface area contributed by atoms with Crippen LogP contribution in [0.5, 0.6) is 5.75 Å². The van der Waals surface area contributed by atoms with Gasteiger partial charge in [-0.3, -0.25) is 0 Å². The molecule has 94 valence electrons. The van der Waals surface area contributed by atoms with Gasteiger partial charge in [-0.1, -0.05) is 38.5 Å². The molecule has 0 spiro atoms. The molecule has 1 aliphatic rings. The highest BCUT2D eigenvalue weighted by Crippen LogP contribution is 2.52. The number of aryl methyl sites for hydroxylation is 1. The molecule has 0 atom stereocenters. The fourth-order valence-electron chi connectivity index (χ4n) is 2.49. The zero-order valence-corrected chi connectivity index (χ0v) is 11.3. The van der Waals surface area contributed by atoms with Crippen LogP contribution in [0, 0.1) is 6.92 Å². The second-order valence-corrected chi connectivity index (χ2v) is 6.44. The van der Waals surface area contributed by atoms with Gasteiger partial charge in [0.2, 0.25) is 0 Å². The van der Waals surface area contributed by atoms with Crippen LogP contribution in [0.4, 0.5) is 0 Å². The molecule has 1 aromatic carbocycles. The molecule has 2 nitrogen and oxygen atoms in total. The van der Waals surface area contributed by atoms with Gasteiger partial charge in [-0.25, -0.2) is 0 Å². The van der Waals surface area contributed by atoms with Crippen molar-refractivity contribution < 1.29 is 5.11 Å². The number of phenols is 1. The van der Waals surface area contributed by atoms with E-state index in [-0.39, 0.29) is 10.8 Å². The Morgan fingerprint density at radius 3 is 2.29 bits per heavy atom. The molecular weight excluding hydrogens is 210 g/mol. The maximum absolute atomic E-state index is 10.5. The number of hydrogen-bond acceptors (Lipinski definition) is 2. The summed E-state index contributed by atoms with van der Waals surface area (Å²) < 4.78 is 0. The number of rotatable bonds is 2. The third-order valence-corrected chi connectivity index (χ3v) is 3.88. The molecule has 17 heavy (non-hydrogen) atoms. The molecule has 2 heteroatoms. The van der Waals surface area contributed by atoms with Crippen molar-refractivity contribution in [2.24, 2.45) is 5.73 Å². The fraction of sp³-hybridized carbons (Fsp3) is 0.600. The van der Waals surface area contributed by atoms with Crippen LogP contribution in [0.1, 0.15) is 50.3 Å². The molecule has 0 heterocycles. The van der Waals surface area contributed by atoms with E-state index >= 15 is 0 Å². The maximum Gasteiger partial charge on any atom is 0.123 e. The van der Waals surface area contributed by atoms with Crippen LogP contribution in [0.25, 0.3) is 0 Å². The number of nitrogens with two attached hydrogens (primary N) is 1. The summed E-state index contributed by atoms with van der Waals surface area (Å²) in [5.41, 5.74) is 9.19. The quantitative estimate of drug-likeness (QED) is 0.825. The second-order valence-electron chi connectivity index (χ2n) is 6.44. The maximum atomic E-state index is 10.5. The molecule has 1 saturated carbocycles. The van der Waals surface area contributed by atoms with Crippen molar-refractivity contribution >= 4 is 0 Å². The first-order valence-electron chi connectivity index (χ1n) is 6.35. The van der Waals surface area contributed by atoms with Gasteiger partial charge in [0.15, 0.2) is 0 Å². The minimum Gasteiger partial charge on any atom is -0.507 e. The second kappa shape index (κ2) is 3.74. The summed E-state index contributed by atoms with van der Waals surface area (Å²) in [6.45, 7) is 9.12. The van der Waals surface area contributed by atoms with E-state index in [9.17, 15) is 5.11 Å². The van der Waals surface area contributed by atoms with Gasteiger partial charge in [0.05, 0.1) is 0 Å². The lowest BCUT2D eigenvalue weighted by Gasteiger charge is -2.25. The number of phenolic OH excluding ortho intramolecular Hbond substituents is 1. The van der Waals surface area contributed by atoms with Crippen molar-refractivity contribution in [2.75, 3.05) is 6.54 Å². The Morgan fingerprint density at radius 2 is 1.88 bits per heavy atom. The van der Waals surface area contributed by atoms with Crippen LogP contribution in [-0.4, -0.2) is 11.7 Å². The third kappa shape index (κ3) is 2.06. The van der Waals surface area contributed by atoms with E-state index in [0.29, 0.717) is 12.3 Å². The van der Waals surface area contributed by atoms with Crippen molar-refractivity contribution in [3.05, 3.63) is 28.8 Å². The highest BCUT2D eigenvalue weighted by molar-refractivity contribution is 5.52. The zero-order valence-electron chi connectivity index (χ0n) is 11.3. The molecule has 0 bridgehead atoms. The summed E-state index contributed by atoms with van der Waals surface area (Å²) in [6.07, 6.45) is 2.20. The summed E-state index contributed by atoms with van der Waals surface area (Å²) in [5, 5.41) is 10.5. The van der Waals surface area contributed by atoms with Gasteiger partial charge in [-0.15, -0.1) is 0 Å². The largest absolute Gasteiger partial charge is 0.507 e. The summed E-state index contributed by atoms with van der Waals surface area (Å²) >= 11 is 0. The van der Waals surface area contributed by atoms with Gasteiger partial charge in [0.25, 0.3) is 0 Å². The van der Waals surface area contributed by atoms with Gasteiger partial charge in [-0.2, -0.15) is 0 Å². The number of aromatic hydroxyl groups is 1. The summed E-state index contributed by atoms with van der Waals surface area (Å²) in [6, 6.07) is 4.19. The number of hydrogen-bond donors (Lipinski definition) is 2. The summed E-state index contributed by atoms with van der Waals surface area (Å²) in [5.74, 6) is 0.464. The van der Waals surface area contributed by atoms with Crippen LogP contribution >= 0.6 is 0 Å². The van der Waals surface area contributed by atoms with Crippen LogP contribution in [-0.2, 0) is 10.8 Å². The van der Waals surface area contributed by atoms with Crippen molar-refractivity contribution in [2.45, 2.75) is 51.4 Å². The lowest BCUT2D eigenvalue weighted by Crippen LogP contribution is -2.22. The van der Waals surface area contributed by atoms with Gasteiger partial charge < -0.3 is 10.8 Å². The third-order valence-electron chi connectivity index (χ3n) is 3.88. The molecule has 0 amide bonds. The monoisotopic (exact) mass is 233 g/mol. The van der Waals surface area contributed by atoms with Gasteiger partial charge in [0, 0.05) is 17.5 Å². The van der Waals surface area contributed by atoms with E-state index < -0.39 is 0 Å². The molecule has 3 N–H and O–H groups in total. The van der Waals surface area contributed by atoms with Crippen molar-refractivity contribution in [1.82, 2.24) is 0 Å². The zero-order chi connectivity index (χ0) is 12.8. The first-order chi connectivity index (χ1) is 7.80. The Balaban J connectivity index is 2.58. The van der Waals surface area contributed by atoms with Crippen molar-refractivity contribution in [3.63, 3.8) is 0 Å². The van der Waals surface area contributed by atoms with Crippen LogP contribution < -0.4 is 5.73 Å². The Kier molecular flexibility index (Phi) is 2.74. The van der Waals surface area contributed by atoms with Crippen LogP contribution in [0.3, 0.4) is 0 Å². The molecule has 1 aliphatic carbocycles. The molecular formula is C15H23NO. The first-order valence-corrected chi connectivity index (χ1v) is 6.35. The fourth-order valence-corrected chi connectivity index (χ4v) is 2.49. The highest BCUT2D eigenvalue weighted by atomic mass is 16.3. The molecule has 2 rings (SSSR count). The van der Waals surface area contributed by atoms with E-state index in [0.717, 1.165) is 24.0 Å². The first kappa shape index (κ1) is 12.4. The van der Waals surface area contributed by atoms with Gasteiger partial charge >= 0.3 is 0 Å². The molecule has 0 aromatic heterocycles. The summed E-state index contributed by atoms with van der Waals surface area (Å²) in [4.78, 5) is 0. The van der Waals surface area contributed by atoms with E-state index in [4.69, 9.17) is 5.73 Å². The Bertz CT molecular complexity index is 439. The average molecular weight is 233 g/mol. The Hall–Kier alpha value is -1.02. The van der Waals surface area contributed by atoms with E-state index in [1.54, 1.807) is 0 Å². The molecule has 0 radical (unpaired) electrons. The molecule has 0 unspecified atom stereocenters. The van der Waals surface area contributed by atoms with E-state index in [1.807, 2.05) is 0 Å². The average Bonchev–Trinajstić information content (AvgIpc) is 3.00.